The third-order valence-corrected chi connectivity index (χ3v) is 5.24. The fourth-order valence-corrected chi connectivity index (χ4v) is 3.87. The van der Waals surface area contributed by atoms with Crippen molar-refractivity contribution in [2.75, 3.05) is 0 Å². The Bertz CT molecular complexity index is 747. The summed E-state index contributed by atoms with van der Waals surface area (Å²) in [4.78, 5) is 6.05. The highest BCUT2D eigenvalue weighted by molar-refractivity contribution is 9.10. The largest absolute Gasteiger partial charge is 0.236 e. The SMILES string of the molecule is Cc1sc(-c2ccccc2Br)nc1-c1ccc(Br)cc1. The van der Waals surface area contributed by atoms with Gasteiger partial charge in [-0.15, -0.1) is 11.3 Å². The Morgan fingerprint density at radius 2 is 1.65 bits per heavy atom. The van der Waals surface area contributed by atoms with Gasteiger partial charge in [0, 0.05) is 24.9 Å². The Morgan fingerprint density at radius 3 is 2.35 bits per heavy atom. The minimum Gasteiger partial charge on any atom is -0.236 e. The van der Waals surface area contributed by atoms with Crippen molar-refractivity contribution in [3.63, 3.8) is 0 Å². The first-order chi connectivity index (χ1) is 9.65. The van der Waals surface area contributed by atoms with Gasteiger partial charge in [-0.3, -0.25) is 0 Å². The van der Waals surface area contributed by atoms with Gasteiger partial charge in [0.1, 0.15) is 5.01 Å². The van der Waals surface area contributed by atoms with Gasteiger partial charge in [0.15, 0.2) is 0 Å². The van der Waals surface area contributed by atoms with Gasteiger partial charge >= 0.3 is 0 Å². The van der Waals surface area contributed by atoms with Crippen LogP contribution in [-0.2, 0) is 0 Å². The van der Waals surface area contributed by atoms with Gasteiger partial charge in [-0.1, -0.05) is 62.2 Å². The van der Waals surface area contributed by atoms with Gasteiger partial charge in [0.05, 0.1) is 5.69 Å². The van der Waals surface area contributed by atoms with Crippen LogP contribution in [0.3, 0.4) is 0 Å². The molecule has 0 radical (unpaired) electrons. The lowest BCUT2D eigenvalue weighted by Crippen LogP contribution is -1.82. The quantitative estimate of drug-likeness (QED) is 0.484. The molecule has 3 aromatic rings. The first kappa shape index (κ1) is 14.0. The Kier molecular flexibility index (Phi) is 4.06. The maximum absolute atomic E-state index is 4.81. The number of nitrogens with zero attached hydrogens (tertiary/aromatic N) is 1. The molecule has 0 fully saturated rings. The van der Waals surface area contributed by atoms with E-state index in [1.165, 1.54) is 4.88 Å². The number of halogens is 2. The first-order valence-corrected chi connectivity index (χ1v) is 8.53. The van der Waals surface area contributed by atoms with Crippen LogP contribution < -0.4 is 0 Å². The monoisotopic (exact) mass is 407 g/mol. The molecule has 0 saturated heterocycles. The molecule has 100 valence electrons. The van der Waals surface area contributed by atoms with Gasteiger partial charge in [0.2, 0.25) is 0 Å². The molecule has 1 heterocycles. The van der Waals surface area contributed by atoms with Gasteiger partial charge in [-0.2, -0.15) is 0 Å². The fourth-order valence-electron chi connectivity index (χ4n) is 2.02. The summed E-state index contributed by atoms with van der Waals surface area (Å²) >= 11 is 8.78. The summed E-state index contributed by atoms with van der Waals surface area (Å²) in [5, 5.41) is 1.05. The number of thiazole rings is 1. The van der Waals surface area contributed by atoms with E-state index in [1.54, 1.807) is 11.3 Å². The van der Waals surface area contributed by atoms with Crippen molar-refractivity contribution in [1.82, 2.24) is 4.98 Å². The van der Waals surface area contributed by atoms with E-state index >= 15 is 0 Å². The zero-order valence-corrected chi connectivity index (χ0v) is 14.7. The number of hydrogen-bond acceptors (Lipinski definition) is 2. The fraction of sp³-hybridized carbons (Fsp3) is 0.0625. The van der Waals surface area contributed by atoms with Crippen LogP contribution in [-0.4, -0.2) is 4.98 Å². The van der Waals surface area contributed by atoms with Crippen molar-refractivity contribution in [2.45, 2.75) is 6.92 Å². The van der Waals surface area contributed by atoms with E-state index in [0.29, 0.717) is 0 Å². The van der Waals surface area contributed by atoms with Crippen LogP contribution in [0.4, 0.5) is 0 Å². The molecule has 0 amide bonds. The zero-order chi connectivity index (χ0) is 14.1. The van der Waals surface area contributed by atoms with Crippen molar-refractivity contribution >= 4 is 43.2 Å². The first-order valence-electron chi connectivity index (χ1n) is 6.13. The molecular weight excluding hydrogens is 398 g/mol. The molecule has 0 aliphatic heterocycles. The molecule has 1 aromatic heterocycles. The lowest BCUT2D eigenvalue weighted by Gasteiger charge is -2.00. The van der Waals surface area contributed by atoms with E-state index in [2.05, 4.69) is 57.0 Å². The van der Waals surface area contributed by atoms with E-state index in [1.807, 2.05) is 30.3 Å². The predicted octanol–water partition coefficient (Wildman–Crippen LogP) is 6.31. The van der Waals surface area contributed by atoms with Crippen LogP contribution in [0, 0.1) is 6.92 Å². The minimum absolute atomic E-state index is 1.05. The van der Waals surface area contributed by atoms with Crippen molar-refractivity contribution in [2.24, 2.45) is 0 Å². The van der Waals surface area contributed by atoms with Crippen molar-refractivity contribution in [1.29, 1.82) is 0 Å². The van der Waals surface area contributed by atoms with E-state index in [4.69, 9.17) is 4.98 Å². The smallest absolute Gasteiger partial charge is 0.125 e. The molecule has 0 aliphatic carbocycles. The summed E-state index contributed by atoms with van der Waals surface area (Å²) in [7, 11) is 0. The summed E-state index contributed by atoms with van der Waals surface area (Å²) in [5.74, 6) is 0. The van der Waals surface area contributed by atoms with Gasteiger partial charge < -0.3 is 0 Å². The highest BCUT2D eigenvalue weighted by Crippen LogP contribution is 2.36. The minimum atomic E-state index is 1.05. The van der Waals surface area contributed by atoms with E-state index in [9.17, 15) is 0 Å². The van der Waals surface area contributed by atoms with Crippen LogP contribution in [0.15, 0.2) is 57.5 Å². The topological polar surface area (TPSA) is 12.9 Å². The average Bonchev–Trinajstić information content (AvgIpc) is 2.82. The second kappa shape index (κ2) is 5.80. The van der Waals surface area contributed by atoms with Crippen LogP contribution in [0.1, 0.15) is 4.88 Å². The molecule has 1 nitrogen and oxygen atoms in total. The molecule has 0 N–H and O–H groups in total. The molecule has 0 saturated carbocycles. The second-order valence-electron chi connectivity index (χ2n) is 4.41. The van der Waals surface area contributed by atoms with Crippen LogP contribution in [0.25, 0.3) is 21.8 Å². The lowest BCUT2D eigenvalue weighted by atomic mass is 10.1. The molecule has 0 unspecified atom stereocenters. The van der Waals surface area contributed by atoms with Crippen LogP contribution in [0.2, 0.25) is 0 Å². The molecule has 4 heteroatoms. The number of aryl methyl sites for hydroxylation is 1. The summed E-state index contributed by atoms with van der Waals surface area (Å²) in [6.45, 7) is 2.12. The Morgan fingerprint density at radius 1 is 0.950 bits per heavy atom. The second-order valence-corrected chi connectivity index (χ2v) is 7.38. The van der Waals surface area contributed by atoms with Gasteiger partial charge in [0.25, 0.3) is 0 Å². The maximum Gasteiger partial charge on any atom is 0.125 e. The molecule has 0 atom stereocenters. The van der Waals surface area contributed by atoms with Crippen molar-refractivity contribution < 1.29 is 0 Å². The van der Waals surface area contributed by atoms with E-state index in [-0.39, 0.29) is 0 Å². The van der Waals surface area contributed by atoms with Gasteiger partial charge in [-0.05, 0) is 25.1 Å². The van der Waals surface area contributed by atoms with E-state index in [0.717, 1.165) is 30.8 Å². The van der Waals surface area contributed by atoms with Crippen LogP contribution >= 0.6 is 43.2 Å². The summed E-state index contributed by atoms with van der Waals surface area (Å²) < 4.78 is 2.16. The van der Waals surface area contributed by atoms with Crippen molar-refractivity contribution in [3.05, 3.63) is 62.4 Å². The van der Waals surface area contributed by atoms with Crippen molar-refractivity contribution in [3.8, 4) is 21.8 Å². The zero-order valence-electron chi connectivity index (χ0n) is 10.7. The molecule has 0 spiro atoms. The summed E-state index contributed by atoms with van der Waals surface area (Å²) in [6.07, 6.45) is 0. The average molecular weight is 409 g/mol. The van der Waals surface area contributed by atoms with Crippen LogP contribution in [0.5, 0.6) is 0 Å². The standard InChI is InChI=1S/C16H11Br2NS/c1-10-15(11-6-8-12(17)9-7-11)19-16(20-10)13-4-2-3-5-14(13)18/h2-9H,1H3. The number of aromatic nitrogens is 1. The summed E-state index contributed by atoms with van der Waals surface area (Å²) in [6, 6.07) is 16.5. The molecule has 3 rings (SSSR count). The Balaban J connectivity index is 2.08. The molecular formula is C16H11Br2NS. The molecule has 0 bridgehead atoms. The molecule has 20 heavy (non-hydrogen) atoms. The highest BCUT2D eigenvalue weighted by atomic mass is 79.9. The molecule has 0 aliphatic rings. The lowest BCUT2D eigenvalue weighted by molar-refractivity contribution is 1.36. The summed E-state index contributed by atoms with van der Waals surface area (Å²) in [5.41, 5.74) is 3.36. The number of hydrogen-bond donors (Lipinski definition) is 0. The Labute approximate surface area is 139 Å². The normalized spacial score (nSPS) is 10.8. The highest BCUT2D eigenvalue weighted by Gasteiger charge is 2.12. The predicted molar refractivity (Wildman–Crippen MR) is 93.1 cm³/mol. The number of rotatable bonds is 2. The van der Waals surface area contributed by atoms with E-state index < -0.39 is 0 Å². The third-order valence-electron chi connectivity index (χ3n) is 3.02. The third kappa shape index (κ3) is 2.73. The molecule has 2 aromatic carbocycles. The Hall–Kier alpha value is -0.970. The number of benzene rings is 2. The van der Waals surface area contributed by atoms with Gasteiger partial charge in [-0.25, -0.2) is 4.98 Å². The maximum atomic E-state index is 4.81.